The first-order chi connectivity index (χ1) is 7.38. The molecule has 1 aromatic rings. The van der Waals surface area contributed by atoms with Gasteiger partial charge in [-0.2, -0.15) is 0 Å². The van der Waals surface area contributed by atoms with Crippen molar-refractivity contribution in [3.63, 3.8) is 0 Å². The Morgan fingerprint density at radius 2 is 2.00 bits per heavy atom. The van der Waals surface area contributed by atoms with Gasteiger partial charge in [-0.1, -0.05) is 6.07 Å². The molecule has 0 aliphatic rings. The van der Waals surface area contributed by atoms with Crippen LogP contribution in [0.15, 0.2) is 18.2 Å². The number of hydrogen-bond donors (Lipinski definition) is 1. The van der Waals surface area contributed by atoms with Gasteiger partial charge in [-0.3, -0.25) is 0 Å². The van der Waals surface area contributed by atoms with Crippen molar-refractivity contribution in [2.45, 2.75) is 33.2 Å². The zero-order chi connectivity index (χ0) is 12.2. The van der Waals surface area contributed by atoms with Crippen LogP contribution in [-0.4, -0.2) is 18.7 Å². The molecule has 0 unspecified atom stereocenters. The largest absolute Gasteiger partial charge is 0.492 e. The number of rotatable bonds is 4. The van der Waals surface area contributed by atoms with E-state index in [0.717, 1.165) is 6.54 Å². The molecule has 3 heteroatoms. The summed E-state index contributed by atoms with van der Waals surface area (Å²) in [7, 11) is 0. The molecule has 0 amide bonds. The van der Waals surface area contributed by atoms with Crippen molar-refractivity contribution < 1.29 is 9.13 Å². The van der Waals surface area contributed by atoms with E-state index in [4.69, 9.17) is 4.74 Å². The molecule has 2 nitrogen and oxygen atoms in total. The topological polar surface area (TPSA) is 21.3 Å². The van der Waals surface area contributed by atoms with Gasteiger partial charge in [0.05, 0.1) is 0 Å². The second-order valence-corrected chi connectivity index (χ2v) is 4.94. The van der Waals surface area contributed by atoms with E-state index in [1.165, 1.54) is 6.07 Å². The summed E-state index contributed by atoms with van der Waals surface area (Å²) < 4.78 is 18.6. The molecular weight excluding hydrogens is 205 g/mol. The molecule has 0 atom stereocenters. The zero-order valence-corrected chi connectivity index (χ0v) is 10.4. The molecule has 0 aromatic heterocycles. The van der Waals surface area contributed by atoms with Gasteiger partial charge in [0, 0.05) is 18.2 Å². The number of ether oxygens (including phenoxy) is 1. The molecule has 1 N–H and O–H groups in total. The number of aryl methyl sites for hydroxylation is 1. The van der Waals surface area contributed by atoms with E-state index in [1.54, 1.807) is 19.1 Å². The van der Waals surface area contributed by atoms with Crippen LogP contribution in [0.5, 0.6) is 5.75 Å². The van der Waals surface area contributed by atoms with Crippen LogP contribution in [0, 0.1) is 12.7 Å². The molecule has 0 fully saturated rings. The van der Waals surface area contributed by atoms with Gasteiger partial charge in [-0.15, -0.1) is 0 Å². The van der Waals surface area contributed by atoms with E-state index >= 15 is 0 Å². The minimum absolute atomic E-state index is 0.0852. The van der Waals surface area contributed by atoms with Crippen molar-refractivity contribution in [2.24, 2.45) is 0 Å². The molecule has 16 heavy (non-hydrogen) atoms. The van der Waals surface area contributed by atoms with Crippen molar-refractivity contribution in [1.29, 1.82) is 0 Å². The number of halogens is 1. The van der Waals surface area contributed by atoms with E-state index in [2.05, 4.69) is 26.1 Å². The molecule has 0 bridgehead atoms. The number of benzene rings is 1. The molecule has 0 heterocycles. The minimum Gasteiger partial charge on any atom is -0.492 e. The Hall–Kier alpha value is -1.09. The van der Waals surface area contributed by atoms with Crippen LogP contribution in [0.2, 0.25) is 0 Å². The first-order valence-corrected chi connectivity index (χ1v) is 5.52. The smallest absolute Gasteiger partial charge is 0.129 e. The predicted molar refractivity (Wildman–Crippen MR) is 64.4 cm³/mol. The maximum absolute atomic E-state index is 13.2. The van der Waals surface area contributed by atoms with Gasteiger partial charge >= 0.3 is 0 Å². The fraction of sp³-hybridized carbons (Fsp3) is 0.538. The van der Waals surface area contributed by atoms with Crippen LogP contribution in [0.3, 0.4) is 0 Å². The lowest BCUT2D eigenvalue weighted by Crippen LogP contribution is -2.38. The lowest BCUT2D eigenvalue weighted by molar-refractivity contribution is 0.290. The molecule has 0 saturated heterocycles. The van der Waals surface area contributed by atoms with Gasteiger partial charge in [-0.25, -0.2) is 4.39 Å². The van der Waals surface area contributed by atoms with Crippen LogP contribution >= 0.6 is 0 Å². The van der Waals surface area contributed by atoms with Crippen molar-refractivity contribution in [3.05, 3.63) is 29.6 Å². The number of nitrogens with one attached hydrogen (secondary N) is 1. The normalized spacial score (nSPS) is 11.6. The highest BCUT2D eigenvalue weighted by Gasteiger charge is 2.07. The second kappa shape index (κ2) is 5.30. The Morgan fingerprint density at radius 1 is 1.31 bits per heavy atom. The van der Waals surface area contributed by atoms with Gasteiger partial charge in [0.15, 0.2) is 0 Å². The summed E-state index contributed by atoms with van der Waals surface area (Å²) in [6, 6.07) is 4.93. The molecule has 0 spiro atoms. The summed E-state index contributed by atoms with van der Waals surface area (Å²) in [5.41, 5.74) is 0.724. The fourth-order valence-electron chi connectivity index (χ4n) is 1.26. The van der Waals surface area contributed by atoms with Crippen LogP contribution in [0.1, 0.15) is 26.3 Å². The van der Waals surface area contributed by atoms with Gasteiger partial charge in [0.2, 0.25) is 0 Å². The van der Waals surface area contributed by atoms with Crippen LogP contribution in [0.25, 0.3) is 0 Å². The summed E-state index contributed by atoms with van der Waals surface area (Å²) in [4.78, 5) is 0. The molecule has 90 valence electrons. The van der Waals surface area contributed by atoms with E-state index in [1.807, 2.05) is 0 Å². The standard InChI is InChI=1S/C13H20FNO/c1-10-5-6-11(9-12(10)14)16-8-7-15-13(2,3)4/h5-6,9,15H,7-8H2,1-4H3. The van der Waals surface area contributed by atoms with Crippen LogP contribution in [-0.2, 0) is 0 Å². The first kappa shape index (κ1) is 13.0. The van der Waals surface area contributed by atoms with Crippen molar-refractivity contribution >= 4 is 0 Å². The molecule has 0 aliphatic carbocycles. The summed E-state index contributed by atoms with van der Waals surface area (Å²) in [5, 5.41) is 3.30. The Bertz CT molecular complexity index is 344. The zero-order valence-electron chi connectivity index (χ0n) is 10.4. The van der Waals surface area contributed by atoms with Crippen LogP contribution < -0.4 is 10.1 Å². The average Bonchev–Trinajstić information content (AvgIpc) is 2.17. The molecule has 1 aromatic carbocycles. The Kier molecular flexibility index (Phi) is 4.30. The lowest BCUT2D eigenvalue weighted by atomic mass is 10.1. The lowest BCUT2D eigenvalue weighted by Gasteiger charge is -2.20. The van der Waals surface area contributed by atoms with Crippen LogP contribution in [0.4, 0.5) is 4.39 Å². The first-order valence-electron chi connectivity index (χ1n) is 5.52. The Balaban J connectivity index is 2.35. The summed E-state index contributed by atoms with van der Waals surface area (Å²) in [5.74, 6) is 0.361. The third-order valence-corrected chi connectivity index (χ3v) is 2.17. The van der Waals surface area contributed by atoms with Gasteiger partial charge in [-0.05, 0) is 39.3 Å². The molecule has 0 aliphatic heterocycles. The van der Waals surface area contributed by atoms with E-state index in [-0.39, 0.29) is 11.4 Å². The van der Waals surface area contributed by atoms with Gasteiger partial charge in [0.25, 0.3) is 0 Å². The third kappa shape index (κ3) is 4.62. The molecular formula is C13H20FNO. The average molecular weight is 225 g/mol. The summed E-state index contributed by atoms with van der Waals surface area (Å²) >= 11 is 0. The number of hydrogen-bond acceptors (Lipinski definition) is 2. The predicted octanol–water partition coefficient (Wildman–Crippen LogP) is 2.90. The highest BCUT2D eigenvalue weighted by atomic mass is 19.1. The van der Waals surface area contributed by atoms with Crippen molar-refractivity contribution in [1.82, 2.24) is 5.32 Å². The third-order valence-electron chi connectivity index (χ3n) is 2.17. The van der Waals surface area contributed by atoms with E-state index in [9.17, 15) is 4.39 Å². The molecule has 0 radical (unpaired) electrons. The molecule has 0 saturated carbocycles. The van der Waals surface area contributed by atoms with Crippen molar-refractivity contribution in [2.75, 3.05) is 13.2 Å². The highest BCUT2D eigenvalue weighted by Crippen LogP contribution is 2.15. The maximum Gasteiger partial charge on any atom is 0.129 e. The summed E-state index contributed by atoms with van der Waals surface area (Å²) in [6.07, 6.45) is 0. The van der Waals surface area contributed by atoms with Gasteiger partial charge < -0.3 is 10.1 Å². The Morgan fingerprint density at radius 3 is 2.56 bits per heavy atom. The van der Waals surface area contributed by atoms with E-state index in [0.29, 0.717) is 17.9 Å². The monoisotopic (exact) mass is 225 g/mol. The maximum atomic E-state index is 13.2. The quantitative estimate of drug-likeness (QED) is 0.795. The molecule has 1 rings (SSSR count). The fourth-order valence-corrected chi connectivity index (χ4v) is 1.26. The highest BCUT2D eigenvalue weighted by molar-refractivity contribution is 5.27. The SMILES string of the molecule is Cc1ccc(OCCNC(C)(C)C)cc1F. The second-order valence-electron chi connectivity index (χ2n) is 4.94. The van der Waals surface area contributed by atoms with E-state index < -0.39 is 0 Å². The Labute approximate surface area is 96.8 Å². The van der Waals surface area contributed by atoms with Crippen molar-refractivity contribution in [3.8, 4) is 5.75 Å². The minimum atomic E-state index is -0.221. The summed E-state index contributed by atoms with van der Waals surface area (Å²) in [6.45, 7) is 9.31. The van der Waals surface area contributed by atoms with Gasteiger partial charge in [0.1, 0.15) is 18.2 Å².